The SMILES string of the molecule is COC(=O)c1cc(F)c2nc(N3C[C@H]4C[C@H](OCc5c(C6CCC7(CC6)CC7)noc5C5CC5)C[C@@]4(C#N)C3)sc2c1. The van der Waals surface area contributed by atoms with Crippen LogP contribution < -0.4 is 4.90 Å². The fourth-order valence-electron chi connectivity index (χ4n) is 7.95. The zero-order valence-electron chi connectivity index (χ0n) is 23.9. The minimum absolute atomic E-state index is 0.00289. The first-order valence-corrected chi connectivity index (χ1v) is 16.2. The maximum absolute atomic E-state index is 14.8. The summed E-state index contributed by atoms with van der Waals surface area (Å²) >= 11 is 1.35. The van der Waals surface area contributed by atoms with Crippen molar-refractivity contribution in [1.82, 2.24) is 10.1 Å². The molecule has 0 unspecified atom stereocenters. The summed E-state index contributed by atoms with van der Waals surface area (Å²) in [5.74, 6) is 1.01. The van der Waals surface area contributed by atoms with Crippen LogP contribution in [0.25, 0.3) is 10.2 Å². The molecule has 5 aliphatic rings. The van der Waals surface area contributed by atoms with E-state index in [1.54, 1.807) is 6.07 Å². The number of halogens is 1. The lowest BCUT2D eigenvalue weighted by atomic mass is 9.77. The highest BCUT2D eigenvalue weighted by atomic mass is 32.1. The van der Waals surface area contributed by atoms with Gasteiger partial charge in [-0.3, -0.25) is 0 Å². The van der Waals surface area contributed by atoms with Gasteiger partial charge in [-0.1, -0.05) is 16.5 Å². The first-order chi connectivity index (χ1) is 20.4. The molecule has 4 saturated carbocycles. The summed E-state index contributed by atoms with van der Waals surface area (Å²) < 4.78 is 32.7. The van der Waals surface area contributed by atoms with Crippen molar-refractivity contribution in [1.29, 1.82) is 5.26 Å². The summed E-state index contributed by atoms with van der Waals surface area (Å²) in [6.45, 7) is 1.72. The van der Waals surface area contributed by atoms with Gasteiger partial charge in [-0.15, -0.1) is 0 Å². The van der Waals surface area contributed by atoms with Crippen LogP contribution in [0, 0.1) is 33.9 Å². The number of nitriles is 1. The van der Waals surface area contributed by atoms with Gasteiger partial charge in [0, 0.05) is 30.5 Å². The number of hydrogen-bond acceptors (Lipinski definition) is 9. The Labute approximate surface area is 248 Å². The molecule has 5 fully saturated rings. The van der Waals surface area contributed by atoms with Crippen LogP contribution in [0.5, 0.6) is 0 Å². The van der Waals surface area contributed by atoms with Crippen LogP contribution in [0.2, 0.25) is 0 Å². The molecule has 3 heterocycles. The molecule has 0 N–H and O–H groups in total. The predicted molar refractivity (Wildman–Crippen MR) is 154 cm³/mol. The number of thiazole rings is 1. The number of methoxy groups -OCH3 is 1. The number of carbonyl (C=O) groups excluding carboxylic acids is 1. The summed E-state index contributed by atoms with van der Waals surface area (Å²) in [5, 5.41) is 15.7. The number of fused-ring (bicyclic) bond motifs is 2. The van der Waals surface area contributed by atoms with Gasteiger partial charge in [-0.25, -0.2) is 14.2 Å². The molecule has 42 heavy (non-hydrogen) atoms. The van der Waals surface area contributed by atoms with Gasteiger partial charge in [0.2, 0.25) is 0 Å². The third kappa shape index (κ3) is 4.43. The number of anilines is 1. The second kappa shape index (κ2) is 9.75. The van der Waals surface area contributed by atoms with E-state index >= 15 is 0 Å². The number of carbonyl (C=O) groups is 1. The van der Waals surface area contributed by atoms with Gasteiger partial charge in [0.05, 0.1) is 47.3 Å². The zero-order chi connectivity index (χ0) is 28.6. The van der Waals surface area contributed by atoms with Crippen LogP contribution in [0.3, 0.4) is 0 Å². The van der Waals surface area contributed by atoms with E-state index in [0.717, 1.165) is 30.7 Å². The van der Waals surface area contributed by atoms with Crippen LogP contribution >= 0.6 is 11.3 Å². The van der Waals surface area contributed by atoms with Gasteiger partial charge >= 0.3 is 5.97 Å². The van der Waals surface area contributed by atoms with Gasteiger partial charge < -0.3 is 18.9 Å². The van der Waals surface area contributed by atoms with E-state index in [1.165, 1.54) is 68.6 Å². The molecule has 1 saturated heterocycles. The van der Waals surface area contributed by atoms with Crippen LogP contribution in [0.1, 0.15) is 103 Å². The van der Waals surface area contributed by atoms with Gasteiger partial charge in [-0.2, -0.15) is 5.26 Å². The fourth-order valence-corrected chi connectivity index (χ4v) is 8.98. The van der Waals surface area contributed by atoms with Crippen molar-refractivity contribution in [3.63, 3.8) is 0 Å². The Morgan fingerprint density at radius 3 is 2.71 bits per heavy atom. The van der Waals surface area contributed by atoms with E-state index < -0.39 is 17.2 Å². The highest BCUT2D eigenvalue weighted by Gasteiger charge is 2.55. The lowest BCUT2D eigenvalue weighted by Crippen LogP contribution is -2.27. The molecule has 8 nitrogen and oxygen atoms in total. The molecule has 0 amide bonds. The molecule has 0 bridgehead atoms. The number of ether oxygens (including phenoxy) is 2. The van der Waals surface area contributed by atoms with E-state index in [-0.39, 0.29) is 23.1 Å². The topological polar surface area (TPSA) is 101 Å². The quantitative estimate of drug-likeness (QED) is 0.275. The Kier molecular flexibility index (Phi) is 6.17. The Hall–Kier alpha value is -3.03. The third-order valence-corrected chi connectivity index (χ3v) is 11.9. The van der Waals surface area contributed by atoms with Crippen LogP contribution in [-0.2, 0) is 16.1 Å². The maximum atomic E-state index is 14.8. The number of benzene rings is 1. The molecule has 1 spiro atoms. The molecule has 1 aromatic carbocycles. The van der Waals surface area contributed by atoms with Crippen molar-refractivity contribution in [2.45, 2.75) is 88.8 Å². The van der Waals surface area contributed by atoms with Gasteiger partial charge in [0.15, 0.2) is 10.9 Å². The number of esters is 1. The van der Waals surface area contributed by atoms with Crippen LogP contribution in [0.15, 0.2) is 16.7 Å². The normalized spacial score (nSPS) is 28.4. The van der Waals surface area contributed by atoms with Crippen molar-refractivity contribution in [2.75, 3.05) is 25.1 Å². The minimum atomic E-state index is -0.580. The number of hydrogen-bond donors (Lipinski definition) is 0. The van der Waals surface area contributed by atoms with Crippen LogP contribution in [-0.4, -0.2) is 42.4 Å². The summed E-state index contributed by atoms with van der Waals surface area (Å²) in [6.07, 6.45) is 11.6. The van der Waals surface area contributed by atoms with Gasteiger partial charge in [-0.05, 0) is 87.7 Å². The number of rotatable bonds is 7. The second-order valence-electron chi connectivity index (χ2n) is 13.5. The fraction of sp³-hybridized carbons (Fsp3) is 0.625. The lowest BCUT2D eigenvalue weighted by Gasteiger charge is -2.27. The molecule has 3 atom stereocenters. The molecule has 3 aromatic rings. The third-order valence-electron chi connectivity index (χ3n) is 10.8. The molecular formula is C32H35FN4O4S. The standard InChI is InChI=1S/C32H35FN4O4S/c1-39-29(38)20-10-24(33)27-25(11-20)42-30(35-27)37-14-21-12-22(13-32(21,16-34)17-37)40-15-23-26(36-41-28(23)19-2-3-19)18-4-6-31(7-5-18)8-9-31/h10-11,18-19,21-22H,2-9,12-15,17H2,1H3/t21-,22+,32-/m1/s1. The largest absolute Gasteiger partial charge is 0.465 e. The van der Waals surface area contributed by atoms with E-state index in [0.29, 0.717) is 53.2 Å². The molecule has 4 aliphatic carbocycles. The van der Waals surface area contributed by atoms with Crippen molar-refractivity contribution in [3.05, 3.63) is 40.5 Å². The molecule has 10 heteroatoms. The summed E-state index contributed by atoms with van der Waals surface area (Å²) in [7, 11) is 1.28. The Morgan fingerprint density at radius 1 is 1.21 bits per heavy atom. The van der Waals surface area contributed by atoms with Crippen molar-refractivity contribution in [3.8, 4) is 6.07 Å². The highest BCUT2D eigenvalue weighted by molar-refractivity contribution is 7.22. The summed E-state index contributed by atoms with van der Waals surface area (Å²) in [6, 6.07) is 5.44. The van der Waals surface area contributed by atoms with E-state index in [4.69, 9.17) is 14.0 Å². The van der Waals surface area contributed by atoms with Crippen LogP contribution in [0.4, 0.5) is 9.52 Å². The summed E-state index contributed by atoms with van der Waals surface area (Å²) in [4.78, 5) is 18.6. The molecule has 0 radical (unpaired) electrons. The van der Waals surface area contributed by atoms with Gasteiger partial charge in [0.25, 0.3) is 0 Å². The van der Waals surface area contributed by atoms with E-state index in [2.05, 4.69) is 21.1 Å². The average molecular weight is 591 g/mol. The van der Waals surface area contributed by atoms with Crippen molar-refractivity contribution in [2.24, 2.45) is 16.7 Å². The van der Waals surface area contributed by atoms with E-state index in [9.17, 15) is 14.4 Å². The predicted octanol–water partition coefficient (Wildman–Crippen LogP) is 6.85. The Bertz CT molecular complexity index is 1590. The lowest BCUT2D eigenvalue weighted by molar-refractivity contribution is 0.0376. The number of nitrogens with zero attached hydrogens (tertiary/aromatic N) is 4. The number of aromatic nitrogens is 2. The second-order valence-corrected chi connectivity index (χ2v) is 14.5. The smallest absolute Gasteiger partial charge is 0.338 e. The zero-order valence-corrected chi connectivity index (χ0v) is 24.7. The molecule has 220 valence electrons. The molecule has 8 rings (SSSR count). The monoisotopic (exact) mass is 590 g/mol. The van der Waals surface area contributed by atoms with E-state index in [1.807, 2.05) is 0 Å². The molecular weight excluding hydrogens is 555 g/mol. The maximum Gasteiger partial charge on any atom is 0.338 e. The minimum Gasteiger partial charge on any atom is -0.465 e. The molecule has 2 aromatic heterocycles. The first-order valence-electron chi connectivity index (χ1n) is 15.3. The highest BCUT2D eigenvalue weighted by Crippen LogP contribution is 2.59. The van der Waals surface area contributed by atoms with Crippen molar-refractivity contribution < 1.29 is 23.2 Å². The summed E-state index contributed by atoms with van der Waals surface area (Å²) in [5.41, 5.74) is 2.83. The van der Waals surface area contributed by atoms with Gasteiger partial charge in [0.1, 0.15) is 11.3 Å². The Balaban J connectivity index is 0.960. The van der Waals surface area contributed by atoms with Crippen molar-refractivity contribution >= 4 is 32.7 Å². The molecule has 1 aliphatic heterocycles. The first kappa shape index (κ1) is 26.6. The average Bonchev–Trinajstić information content (AvgIpc) is 3.78. The Morgan fingerprint density at radius 2 is 2.02 bits per heavy atom.